The predicted octanol–water partition coefficient (Wildman–Crippen LogP) is 2.72. The second kappa shape index (κ2) is 7.56. The molecule has 0 bridgehead atoms. The summed E-state index contributed by atoms with van der Waals surface area (Å²) in [7, 11) is 0. The summed E-state index contributed by atoms with van der Waals surface area (Å²) in [5, 5.41) is 3.01. The molecule has 1 aromatic heterocycles. The van der Waals surface area contributed by atoms with Crippen LogP contribution in [0.1, 0.15) is 43.3 Å². The molecule has 0 aliphatic carbocycles. The molecule has 1 heterocycles. The fourth-order valence-electron chi connectivity index (χ4n) is 1.93. The van der Waals surface area contributed by atoms with Crippen molar-refractivity contribution < 1.29 is 4.79 Å². The third kappa shape index (κ3) is 5.41. The van der Waals surface area contributed by atoms with E-state index in [1.165, 1.54) is 0 Å². The molecule has 17 heavy (non-hydrogen) atoms. The topological polar surface area (TPSA) is 56.0 Å². The van der Waals surface area contributed by atoms with Gasteiger partial charge in [-0.1, -0.05) is 13.3 Å². The van der Waals surface area contributed by atoms with Crippen LogP contribution in [0, 0.1) is 12.8 Å². The maximum atomic E-state index is 11.8. The van der Waals surface area contributed by atoms with Gasteiger partial charge in [-0.3, -0.25) is 4.79 Å². The highest BCUT2D eigenvalue weighted by molar-refractivity contribution is 7.09. The van der Waals surface area contributed by atoms with Crippen molar-refractivity contribution in [2.75, 3.05) is 6.54 Å². The Morgan fingerprint density at radius 2 is 2.29 bits per heavy atom. The quantitative estimate of drug-likeness (QED) is 0.776. The minimum Gasteiger partial charge on any atom is -0.330 e. The first kappa shape index (κ1) is 14.3. The predicted molar refractivity (Wildman–Crippen MR) is 72.2 cm³/mol. The molecule has 2 N–H and O–H groups in total. The Labute approximate surface area is 107 Å². The zero-order valence-electron chi connectivity index (χ0n) is 10.7. The number of Topliss-reactive ketones (excluding diaryl/α,β-unsaturated/α-hetero) is 1. The molecule has 0 aromatic carbocycles. The summed E-state index contributed by atoms with van der Waals surface area (Å²) < 4.78 is 0. The average molecular weight is 254 g/mol. The lowest BCUT2D eigenvalue weighted by Crippen LogP contribution is -2.11. The number of carbonyl (C=O) groups is 1. The minimum absolute atomic E-state index is 0.297. The summed E-state index contributed by atoms with van der Waals surface area (Å²) in [6.45, 7) is 4.85. The summed E-state index contributed by atoms with van der Waals surface area (Å²) in [6.07, 6.45) is 4.26. The van der Waals surface area contributed by atoms with Gasteiger partial charge in [0.05, 0.1) is 10.7 Å². The molecule has 0 saturated carbocycles. The Morgan fingerprint density at radius 1 is 1.53 bits per heavy atom. The standard InChI is InChI=1S/C13H22N2OS/c1-3-11(6-7-14)4-5-13(16)8-12-9-17-10(2)15-12/h9,11H,3-8,14H2,1-2H3. The molecule has 0 spiro atoms. The van der Waals surface area contributed by atoms with Crippen molar-refractivity contribution in [3.05, 3.63) is 16.1 Å². The molecule has 0 amide bonds. The number of rotatable bonds is 8. The first-order valence-corrected chi connectivity index (χ1v) is 7.16. The van der Waals surface area contributed by atoms with Crippen LogP contribution in [0.3, 0.4) is 0 Å². The third-order valence-corrected chi connectivity index (χ3v) is 3.85. The van der Waals surface area contributed by atoms with Crippen LogP contribution in [0.5, 0.6) is 0 Å². The van der Waals surface area contributed by atoms with Crippen molar-refractivity contribution in [1.29, 1.82) is 0 Å². The summed E-state index contributed by atoms with van der Waals surface area (Å²) in [6, 6.07) is 0. The highest BCUT2D eigenvalue weighted by Crippen LogP contribution is 2.16. The number of hydrogen-bond donors (Lipinski definition) is 1. The van der Waals surface area contributed by atoms with E-state index in [-0.39, 0.29) is 0 Å². The maximum Gasteiger partial charge on any atom is 0.138 e. The molecular weight excluding hydrogens is 232 g/mol. The van der Waals surface area contributed by atoms with Gasteiger partial charge >= 0.3 is 0 Å². The SMILES string of the molecule is CCC(CCN)CCC(=O)Cc1csc(C)n1. The van der Waals surface area contributed by atoms with Crippen molar-refractivity contribution in [1.82, 2.24) is 4.98 Å². The van der Waals surface area contributed by atoms with Gasteiger partial charge in [-0.05, 0) is 32.2 Å². The molecule has 1 rings (SSSR count). The van der Waals surface area contributed by atoms with Crippen molar-refractivity contribution in [3.8, 4) is 0 Å². The Kier molecular flexibility index (Phi) is 6.37. The van der Waals surface area contributed by atoms with Gasteiger partial charge < -0.3 is 5.73 Å². The Bertz CT molecular complexity index is 349. The molecule has 3 nitrogen and oxygen atoms in total. The highest BCUT2D eigenvalue weighted by Gasteiger charge is 2.10. The van der Waals surface area contributed by atoms with E-state index in [1.807, 2.05) is 12.3 Å². The summed E-state index contributed by atoms with van der Waals surface area (Å²) in [5.41, 5.74) is 6.46. The fourth-order valence-corrected chi connectivity index (χ4v) is 2.55. The number of nitrogens with zero attached hydrogens (tertiary/aromatic N) is 1. The number of aromatic nitrogens is 1. The van der Waals surface area contributed by atoms with Crippen LogP contribution >= 0.6 is 11.3 Å². The molecule has 0 aliphatic rings. The zero-order chi connectivity index (χ0) is 12.7. The van der Waals surface area contributed by atoms with E-state index < -0.39 is 0 Å². The highest BCUT2D eigenvalue weighted by atomic mass is 32.1. The number of thiazole rings is 1. The van der Waals surface area contributed by atoms with E-state index in [4.69, 9.17) is 5.73 Å². The van der Waals surface area contributed by atoms with Gasteiger partial charge in [-0.25, -0.2) is 4.98 Å². The summed E-state index contributed by atoms with van der Waals surface area (Å²) in [5.74, 6) is 0.895. The smallest absolute Gasteiger partial charge is 0.138 e. The number of aryl methyl sites for hydroxylation is 1. The van der Waals surface area contributed by atoms with E-state index in [2.05, 4.69) is 11.9 Å². The largest absolute Gasteiger partial charge is 0.330 e. The van der Waals surface area contributed by atoms with Crippen LogP contribution < -0.4 is 5.73 Å². The second-order valence-corrected chi connectivity index (χ2v) is 5.53. The van der Waals surface area contributed by atoms with Crippen LogP contribution in [-0.4, -0.2) is 17.3 Å². The maximum absolute atomic E-state index is 11.8. The number of hydrogen-bond acceptors (Lipinski definition) is 4. The molecule has 0 radical (unpaired) electrons. The van der Waals surface area contributed by atoms with Gasteiger partial charge in [0.2, 0.25) is 0 Å². The Morgan fingerprint density at radius 3 is 2.82 bits per heavy atom. The van der Waals surface area contributed by atoms with Crippen LogP contribution in [0.25, 0.3) is 0 Å². The molecule has 0 saturated heterocycles. The normalized spacial score (nSPS) is 12.6. The first-order valence-electron chi connectivity index (χ1n) is 6.28. The van der Waals surface area contributed by atoms with E-state index >= 15 is 0 Å². The lowest BCUT2D eigenvalue weighted by molar-refractivity contribution is -0.118. The Balaban J connectivity index is 2.29. The number of ketones is 1. The second-order valence-electron chi connectivity index (χ2n) is 4.46. The van der Waals surface area contributed by atoms with Gasteiger partial charge in [-0.2, -0.15) is 0 Å². The zero-order valence-corrected chi connectivity index (χ0v) is 11.6. The van der Waals surface area contributed by atoms with Crippen molar-refractivity contribution >= 4 is 17.1 Å². The average Bonchev–Trinajstić information content (AvgIpc) is 2.70. The van der Waals surface area contributed by atoms with Crippen LogP contribution in [0.2, 0.25) is 0 Å². The molecule has 1 aromatic rings. The van der Waals surface area contributed by atoms with Gasteiger partial charge in [-0.15, -0.1) is 11.3 Å². The molecular formula is C13H22N2OS. The van der Waals surface area contributed by atoms with Crippen LogP contribution in [-0.2, 0) is 11.2 Å². The van der Waals surface area contributed by atoms with E-state index in [1.54, 1.807) is 11.3 Å². The van der Waals surface area contributed by atoms with Crippen LogP contribution in [0.4, 0.5) is 0 Å². The minimum atomic E-state index is 0.297. The Hall–Kier alpha value is -0.740. The van der Waals surface area contributed by atoms with Crippen molar-refractivity contribution in [2.45, 2.75) is 46.0 Å². The molecule has 0 fully saturated rings. The summed E-state index contributed by atoms with van der Waals surface area (Å²) >= 11 is 1.60. The fraction of sp³-hybridized carbons (Fsp3) is 0.692. The molecule has 4 heteroatoms. The van der Waals surface area contributed by atoms with Crippen LogP contribution in [0.15, 0.2) is 5.38 Å². The van der Waals surface area contributed by atoms with Gasteiger partial charge in [0.25, 0.3) is 0 Å². The van der Waals surface area contributed by atoms with E-state index in [9.17, 15) is 4.79 Å². The first-order chi connectivity index (χ1) is 8.15. The van der Waals surface area contributed by atoms with Gasteiger partial charge in [0, 0.05) is 18.2 Å². The summed E-state index contributed by atoms with van der Waals surface area (Å²) in [4.78, 5) is 16.1. The van der Waals surface area contributed by atoms with Crippen molar-refractivity contribution in [3.63, 3.8) is 0 Å². The van der Waals surface area contributed by atoms with Crippen molar-refractivity contribution in [2.24, 2.45) is 11.7 Å². The number of carbonyl (C=O) groups excluding carboxylic acids is 1. The molecule has 1 unspecified atom stereocenters. The lowest BCUT2D eigenvalue weighted by atomic mass is 9.95. The van der Waals surface area contributed by atoms with E-state index in [0.29, 0.717) is 24.5 Å². The van der Waals surface area contributed by atoms with E-state index in [0.717, 1.165) is 36.5 Å². The lowest BCUT2D eigenvalue weighted by Gasteiger charge is -2.12. The monoisotopic (exact) mass is 254 g/mol. The molecule has 96 valence electrons. The number of nitrogens with two attached hydrogens (primary N) is 1. The molecule has 1 atom stereocenters. The van der Waals surface area contributed by atoms with Gasteiger partial charge in [0.15, 0.2) is 0 Å². The molecule has 0 aliphatic heterocycles. The van der Waals surface area contributed by atoms with Gasteiger partial charge in [0.1, 0.15) is 5.78 Å². The third-order valence-electron chi connectivity index (χ3n) is 3.03.